The lowest BCUT2D eigenvalue weighted by atomic mass is 9.98. The first-order valence-corrected chi connectivity index (χ1v) is 11.3. The summed E-state index contributed by atoms with van der Waals surface area (Å²) in [5.74, 6) is 0.722. The van der Waals surface area contributed by atoms with Gasteiger partial charge in [-0.3, -0.25) is 9.59 Å². The molecule has 2 amide bonds. The molecule has 8 heteroatoms. The topological polar surface area (TPSA) is 71.4 Å². The second-order valence-corrected chi connectivity index (χ2v) is 8.80. The third-order valence-corrected chi connectivity index (χ3v) is 6.58. The number of nitrogens with zero attached hydrogens (tertiary/aromatic N) is 3. The second kappa shape index (κ2) is 8.84. The van der Waals surface area contributed by atoms with E-state index in [0.717, 1.165) is 36.8 Å². The lowest BCUT2D eigenvalue weighted by molar-refractivity contribution is -0.142. The molecule has 0 spiro atoms. The molecule has 0 saturated heterocycles. The highest BCUT2D eigenvalue weighted by molar-refractivity contribution is 6.03. The Kier molecular flexibility index (Phi) is 5.74. The number of rotatable bonds is 5. The van der Waals surface area contributed by atoms with Gasteiger partial charge in [0.25, 0.3) is 5.91 Å². The fraction of sp³-hybridized carbons (Fsp3) is 0.400. The largest absolute Gasteiger partial charge is 0.454 e. The summed E-state index contributed by atoms with van der Waals surface area (Å²) in [6, 6.07) is 11.3. The van der Waals surface area contributed by atoms with Crippen molar-refractivity contribution in [2.45, 2.75) is 38.1 Å². The molecule has 0 radical (unpaired) electrons. The fourth-order valence-electron chi connectivity index (χ4n) is 4.77. The number of ether oxygens (including phenoxy) is 2. The van der Waals surface area contributed by atoms with Crippen molar-refractivity contribution in [1.82, 2.24) is 9.91 Å². The lowest BCUT2D eigenvalue weighted by Gasteiger charge is -2.26. The van der Waals surface area contributed by atoms with Crippen molar-refractivity contribution >= 4 is 17.5 Å². The summed E-state index contributed by atoms with van der Waals surface area (Å²) in [5.41, 5.74) is 2.31. The molecule has 3 aliphatic rings. The Hall–Kier alpha value is -3.42. The third kappa shape index (κ3) is 4.29. The van der Waals surface area contributed by atoms with E-state index in [1.165, 1.54) is 22.0 Å². The minimum atomic E-state index is -0.359. The molecule has 0 unspecified atom stereocenters. The molecule has 5 rings (SSSR count). The van der Waals surface area contributed by atoms with E-state index in [1.54, 1.807) is 19.2 Å². The van der Waals surface area contributed by atoms with Gasteiger partial charge in [-0.1, -0.05) is 31.0 Å². The van der Waals surface area contributed by atoms with Crippen LogP contribution in [0.4, 0.5) is 4.39 Å². The minimum Gasteiger partial charge on any atom is -0.454 e. The summed E-state index contributed by atoms with van der Waals surface area (Å²) >= 11 is 0. The van der Waals surface area contributed by atoms with Gasteiger partial charge in [-0.2, -0.15) is 5.10 Å². The highest BCUT2D eigenvalue weighted by atomic mass is 19.1. The number of carbonyl (C=O) groups excluding carboxylic acids is 2. The summed E-state index contributed by atoms with van der Waals surface area (Å²) in [5, 5.41) is 6.07. The number of likely N-dealkylation sites (N-methyl/N-ethyl adjacent to an activating group) is 1. The zero-order valence-corrected chi connectivity index (χ0v) is 18.5. The number of carbonyl (C=O) groups is 2. The minimum absolute atomic E-state index is 0.00399. The van der Waals surface area contributed by atoms with Crippen LogP contribution in [0, 0.1) is 11.7 Å². The van der Waals surface area contributed by atoms with Gasteiger partial charge in [0.05, 0.1) is 11.8 Å². The number of hydrogen-bond acceptors (Lipinski definition) is 5. The van der Waals surface area contributed by atoms with Gasteiger partial charge in [0, 0.05) is 19.4 Å². The number of hydrazone groups is 1. The number of amides is 2. The van der Waals surface area contributed by atoms with Gasteiger partial charge in [-0.25, -0.2) is 9.40 Å². The van der Waals surface area contributed by atoms with Crippen LogP contribution in [0.15, 0.2) is 47.6 Å². The second-order valence-electron chi connectivity index (χ2n) is 8.80. The number of benzene rings is 2. The maximum Gasteiger partial charge on any atom is 0.262 e. The van der Waals surface area contributed by atoms with Crippen LogP contribution >= 0.6 is 0 Å². The molecule has 2 heterocycles. The molecule has 1 atom stereocenters. The van der Waals surface area contributed by atoms with E-state index in [1.807, 2.05) is 18.2 Å². The monoisotopic (exact) mass is 451 g/mol. The van der Waals surface area contributed by atoms with Gasteiger partial charge in [-0.05, 0) is 48.2 Å². The van der Waals surface area contributed by atoms with Gasteiger partial charge < -0.3 is 14.4 Å². The highest BCUT2D eigenvalue weighted by Gasteiger charge is 2.35. The summed E-state index contributed by atoms with van der Waals surface area (Å²) < 4.78 is 24.3. The Morgan fingerprint density at radius 1 is 1.09 bits per heavy atom. The Bertz CT molecular complexity index is 1100. The van der Waals surface area contributed by atoms with Crippen molar-refractivity contribution in [3.63, 3.8) is 0 Å². The van der Waals surface area contributed by atoms with Crippen LogP contribution in [0.25, 0.3) is 0 Å². The first-order valence-electron chi connectivity index (χ1n) is 11.3. The zero-order chi connectivity index (χ0) is 22.9. The maximum absolute atomic E-state index is 13.4. The van der Waals surface area contributed by atoms with Gasteiger partial charge in [0.1, 0.15) is 12.4 Å². The predicted octanol–water partition coefficient (Wildman–Crippen LogP) is 3.88. The third-order valence-electron chi connectivity index (χ3n) is 6.58. The van der Waals surface area contributed by atoms with Crippen LogP contribution in [-0.2, 0) is 9.59 Å². The standard InChI is InChI=1S/C25H26FN3O4/c1-28(25(31)17-4-2-3-5-17)14-24(30)29-21(18-8-11-22-23(12-18)33-15-32-22)13-20(27-29)16-6-9-19(26)10-7-16/h6-12,17,21H,2-5,13-15H2,1H3/t21-/m1/s1. The van der Waals surface area contributed by atoms with E-state index < -0.39 is 0 Å². The molecule has 1 aliphatic carbocycles. The van der Waals surface area contributed by atoms with Gasteiger partial charge in [0.2, 0.25) is 12.7 Å². The maximum atomic E-state index is 13.4. The molecule has 1 fully saturated rings. The van der Waals surface area contributed by atoms with Crippen molar-refractivity contribution in [2.24, 2.45) is 11.0 Å². The summed E-state index contributed by atoms with van der Waals surface area (Å²) in [7, 11) is 1.68. The van der Waals surface area contributed by atoms with Crippen molar-refractivity contribution in [3.05, 3.63) is 59.4 Å². The normalized spacial score (nSPS) is 19.6. The van der Waals surface area contributed by atoms with E-state index in [0.29, 0.717) is 23.6 Å². The van der Waals surface area contributed by atoms with Gasteiger partial charge >= 0.3 is 0 Å². The van der Waals surface area contributed by atoms with Crippen molar-refractivity contribution in [2.75, 3.05) is 20.4 Å². The number of hydrogen-bond donors (Lipinski definition) is 0. The van der Waals surface area contributed by atoms with Crippen LogP contribution in [0.2, 0.25) is 0 Å². The van der Waals surface area contributed by atoms with E-state index in [-0.39, 0.29) is 42.9 Å². The predicted molar refractivity (Wildman–Crippen MR) is 119 cm³/mol. The molecule has 1 saturated carbocycles. The average Bonchev–Trinajstić information content (AvgIpc) is 3.59. The zero-order valence-electron chi connectivity index (χ0n) is 18.5. The Balaban J connectivity index is 1.40. The van der Waals surface area contributed by atoms with Gasteiger partial charge in [0.15, 0.2) is 11.5 Å². The Labute approximate surface area is 191 Å². The number of fused-ring (bicyclic) bond motifs is 1. The SMILES string of the molecule is CN(CC(=O)N1N=C(c2ccc(F)cc2)C[C@@H]1c1ccc2c(c1)OCO2)C(=O)C1CCCC1. The Morgan fingerprint density at radius 2 is 1.82 bits per heavy atom. The summed E-state index contributed by atoms with van der Waals surface area (Å²) in [4.78, 5) is 27.6. The van der Waals surface area contributed by atoms with E-state index in [2.05, 4.69) is 5.10 Å². The highest BCUT2D eigenvalue weighted by Crippen LogP contribution is 2.39. The molecule has 7 nitrogen and oxygen atoms in total. The fourth-order valence-corrected chi connectivity index (χ4v) is 4.77. The smallest absolute Gasteiger partial charge is 0.262 e. The average molecular weight is 451 g/mol. The van der Waals surface area contributed by atoms with Crippen molar-refractivity contribution < 1.29 is 23.5 Å². The van der Waals surface area contributed by atoms with Crippen LogP contribution in [-0.4, -0.2) is 47.8 Å². The first-order chi connectivity index (χ1) is 16.0. The quantitative estimate of drug-likeness (QED) is 0.692. The van der Waals surface area contributed by atoms with Crippen molar-refractivity contribution in [1.29, 1.82) is 0 Å². The van der Waals surface area contributed by atoms with E-state index in [4.69, 9.17) is 9.47 Å². The van der Waals surface area contributed by atoms with Crippen molar-refractivity contribution in [3.8, 4) is 11.5 Å². The molecule has 0 aromatic heterocycles. The molecule has 2 aromatic carbocycles. The number of halogens is 1. The van der Waals surface area contributed by atoms with Crippen LogP contribution in [0.1, 0.15) is 49.3 Å². The van der Waals surface area contributed by atoms with Gasteiger partial charge in [-0.15, -0.1) is 0 Å². The van der Waals surface area contributed by atoms with E-state index in [9.17, 15) is 14.0 Å². The lowest BCUT2D eigenvalue weighted by Crippen LogP contribution is -2.41. The Morgan fingerprint density at radius 3 is 2.58 bits per heavy atom. The van der Waals surface area contributed by atoms with Crippen LogP contribution in [0.3, 0.4) is 0 Å². The molecule has 33 heavy (non-hydrogen) atoms. The molecule has 2 aromatic rings. The molecular formula is C25H26FN3O4. The molecule has 172 valence electrons. The van der Waals surface area contributed by atoms with Crippen LogP contribution < -0.4 is 9.47 Å². The molecule has 2 aliphatic heterocycles. The van der Waals surface area contributed by atoms with E-state index >= 15 is 0 Å². The molecule has 0 bridgehead atoms. The van der Waals surface area contributed by atoms with Crippen LogP contribution in [0.5, 0.6) is 11.5 Å². The molecule has 0 N–H and O–H groups in total. The molecular weight excluding hydrogens is 425 g/mol. The summed E-state index contributed by atoms with van der Waals surface area (Å²) in [6.45, 7) is 0.119. The summed E-state index contributed by atoms with van der Waals surface area (Å²) in [6.07, 6.45) is 4.35. The first kappa shape index (κ1) is 21.4.